The van der Waals surface area contributed by atoms with Crippen molar-refractivity contribution in [3.63, 3.8) is 0 Å². The molecule has 0 fully saturated rings. The Kier molecular flexibility index (Phi) is 11.0. The zero-order valence-corrected chi connectivity index (χ0v) is 23.4. The second-order valence-corrected chi connectivity index (χ2v) is 10.5. The second kappa shape index (κ2) is 14.4. The van der Waals surface area contributed by atoms with Crippen LogP contribution in [-0.2, 0) is 33.8 Å². The first kappa shape index (κ1) is 29.8. The standard InChI is InChI=1S/C31H36N2O5S/c1-31(2,3)38-25-16-14-23(15-17-25)18-26(28(34)21-39)32-29(35)27(19-22-10-6-4-7-11-22)33-30(36)37-20-24-12-8-5-9-13-24/h4-17,26-27,39H,18-21H2,1-3H3,(H,32,35)(H,33,36)/t26-,27-/m0/s1. The Morgan fingerprint density at radius 1 is 0.744 bits per heavy atom. The van der Waals surface area contributed by atoms with Gasteiger partial charge in [-0.05, 0) is 56.0 Å². The first-order chi connectivity index (χ1) is 18.6. The van der Waals surface area contributed by atoms with Gasteiger partial charge < -0.3 is 20.1 Å². The molecule has 0 spiro atoms. The number of carbonyl (C=O) groups is 3. The van der Waals surface area contributed by atoms with Gasteiger partial charge in [0.1, 0.15) is 24.0 Å². The molecule has 0 bridgehead atoms. The fraction of sp³-hybridized carbons (Fsp3) is 0.323. The average Bonchev–Trinajstić information content (AvgIpc) is 2.92. The Morgan fingerprint density at radius 2 is 1.28 bits per heavy atom. The van der Waals surface area contributed by atoms with Gasteiger partial charge in [-0.15, -0.1) is 0 Å². The van der Waals surface area contributed by atoms with Gasteiger partial charge in [-0.3, -0.25) is 9.59 Å². The molecule has 2 amide bonds. The molecule has 0 saturated carbocycles. The van der Waals surface area contributed by atoms with E-state index >= 15 is 0 Å². The fourth-order valence-corrected chi connectivity index (χ4v) is 4.10. The molecule has 3 rings (SSSR count). The van der Waals surface area contributed by atoms with Crippen molar-refractivity contribution in [2.75, 3.05) is 5.75 Å². The van der Waals surface area contributed by atoms with Crippen LogP contribution in [0.1, 0.15) is 37.5 Å². The zero-order chi connectivity index (χ0) is 28.3. The van der Waals surface area contributed by atoms with Crippen molar-refractivity contribution in [1.82, 2.24) is 10.6 Å². The first-order valence-corrected chi connectivity index (χ1v) is 13.5. The topological polar surface area (TPSA) is 93.7 Å². The molecule has 39 heavy (non-hydrogen) atoms. The van der Waals surface area contributed by atoms with E-state index in [2.05, 4.69) is 23.3 Å². The van der Waals surface area contributed by atoms with Crippen LogP contribution in [0.5, 0.6) is 5.75 Å². The SMILES string of the molecule is CC(C)(C)Oc1ccc(C[C@H](NC(=O)[C@H](Cc2ccccc2)NC(=O)OCc2ccccc2)C(=O)CS)cc1. The van der Waals surface area contributed by atoms with E-state index in [9.17, 15) is 14.4 Å². The highest BCUT2D eigenvalue weighted by atomic mass is 32.1. The molecule has 0 saturated heterocycles. The number of amides is 2. The minimum Gasteiger partial charge on any atom is -0.488 e. The summed E-state index contributed by atoms with van der Waals surface area (Å²) in [5.74, 6) is -0.0323. The Morgan fingerprint density at radius 3 is 1.85 bits per heavy atom. The summed E-state index contributed by atoms with van der Waals surface area (Å²) in [7, 11) is 0. The largest absolute Gasteiger partial charge is 0.488 e. The van der Waals surface area contributed by atoms with E-state index in [1.807, 2.05) is 106 Å². The number of thiol groups is 1. The van der Waals surface area contributed by atoms with E-state index in [-0.39, 0.29) is 36.6 Å². The first-order valence-electron chi connectivity index (χ1n) is 12.9. The summed E-state index contributed by atoms with van der Waals surface area (Å²) in [6, 6.07) is 24.3. The summed E-state index contributed by atoms with van der Waals surface area (Å²) in [6.07, 6.45) is -0.216. The number of hydrogen-bond acceptors (Lipinski definition) is 6. The number of ether oxygens (including phenoxy) is 2. The van der Waals surface area contributed by atoms with Gasteiger partial charge in [0.15, 0.2) is 5.78 Å². The molecule has 0 aliphatic rings. The third kappa shape index (κ3) is 10.5. The predicted molar refractivity (Wildman–Crippen MR) is 155 cm³/mol. The maximum absolute atomic E-state index is 13.4. The molecule has 206 valence electrons. The van der Waals surface area contributed by atoms with Gasteiger partial charge in [0.05, 0.1) is 11.8 Å². The maximum Gasteiger partial charge on any atom is 0.408 e. The maximum atomic E-state index is 13.4. The third-order valence-electron chi connectivity index (χ3n) is 5.75. The molecule has 3 aromatic carbocycles. The number of alkyl carbamates (subject to hydrolysis) is 1. The number of rotatable bonds is 12. The van der Waals surface area contributed by atoms with E-state index < -0.39 is 24.1 Å². The summed E-state index contributed by atoms with van der Waals surface area (Å²) < 4.78 is 11.2. The molecule has 2 N–H and O–H groups in total. The highest BCUT2D eigenvalue weighted by Crippen LogP contribution is 2.19. The van der Waals surface area contributed by atoms with Crippen LogP contribution in [0.15, 0.2) is 84.9 Å². The van der Waals surface area contributed by atoms with Crippen LogP contribution in [0.25, 0.3) is 0 Å². The summed E-state index contributed by atoms with van der Waals surface area (Å²) in [5, 5.41) is 5.50. The average molecular weight is 549 g/mol. The monoisotopic (exact) mass is 548 g/mol. The van der Waals surface area contributed by atoms with Crippen LogP contribution >= 0.6 is 12.6 Å². The van der Waals surface area contributed by atoms with Gasteiger partial charge >= 0.3 is 6.09 Å². The van der Waals surface area contributed by atoms with Crippen molar-refractivity contribution in [2.45, 2.75) is 57.9 Å². The number of nitrogens with one attached hydrogen (secondary N) is 2. The lowest BCUT2D eigenvalue weighted by Gasteiger charge is -2.23. The molecule has 0 heterocycles. The molecule has 0 aliphatic heterocycles. The summed E-state index contributed by atoms with van der Waals surface area (Å²) in [5.41, 5.74) is 2.21. The van der Waals surface area contributed by atoms with Gasteiger partial charge in [0, 0.05) is 6.42 Å². The quantitative estimate of drug-likeness (QED) is 0.279. The lowest BCUT2D eigenvalue weighted by molar-refractivity contribution is -0.128. The van der Waals surface area contributed by atoms with Crippen molar-refractivity contribution >= 4 is 30.4 Å². The Hall–Kier alpha value is -3.78. The number of benzene rings is 3. The number of hydrogen-bond donors (Lipinski definition) is 3. The lowest BCUT2D eigenvalue weighted by Crippen LogP contribution is -2.53. The molecule has 0 aromatic heterocycles. The summed E-state index contributed by atoms with van der Waals surface area (Å²) in [4.78, 5) is 38.8. The van der Waals surface area contributed by atoms with Gasteiger partial charge in [-0.1, -0.05) is 72.8 Å². The van der Waals surface area contributed by atoms with Crippen LogP contribution in [-0.4, -0.2) is 41.2 Å². The van der Waals surface area contributed by atoms with Gasteiger partial charge in [-0.2, -0.15) is 12.6 Å². The molecule has 0 radical (unpaired) electrons. The molecule has 0 aliphatic carbocycles. The van der Waals surface area contributed by atoms with Crippen molar-refractivity contribution < 1.29 is 23.9 Å². The van der Waals surface area contributed by atoms with Crippen LogP contribution in [0.3, 0.4) is 0 Å². The molecule has 7 nitrogen and oxygen atoms in total. The smallest absolute Gasteiger partial charge is 0.408 e. The molecule has 2 atom stereocenters. The molecular formula is C31H36N2O5S. The van der Waals surface area contributed by atoms with E-state index in [4.69, 9.17) is 9.47 Å². The van der Waals surface area contributed by atoms with Crippen molar-refractivity contribution in [2.24, 2.45) is 0 Å². The molecule has 3 aromatic rings. The van der Waals surface area contributed by atoms with E-state index in [1.165, 1.54) is 0 Å². The minimum absolute atomic E-state index is 0.0357. The van der Waals surface area contributed by atoms with Gasteiger partial charge in [0.25, 0.3) is 0 Å². The number of Topliss-reactive ketones (excluding diaryl/α,β-unsaturated/α-hetero) is 1. The minimum atomic E-state index is -0.951. The van der Waals surface area contributed by atoms with E-state index in [0.29, 0.717) is 5.75 Å². The normalized spacial score (nSPS) is 12.6. The fourth-order valence-electron chi connectivity index (χ4n) is 3.88. The predicted octanol–water partition coefficient (Wildman–Crippen LogP) is 4.93. The highest BCUT2D eigenvalue weighted by molar-refractivity contribution is 7.81. The summed E-state index contributed by atoms with van der Waals surface area (Å²) in [6.45, 7) is 5.97. The third-order valence-corrected chi connectivity index (χ3v) is 6.06. The van der Waals surface area contributed by atoms with E-state index in [0.717, 1.165) is 16.7 Å². The summed E-state index contributed by atoms with van der Waals surface area (Å²) >= 11 is 4.15. The Labute approximate surface area is 235 Å². The van der Waals surface area contributed by atoms with Crippen LogP contribution in [0, 0.1) is 0 Å². The van der Waals surface area contributed by atoms with Crippen molar-refractivity contribution in [3.8, 4) is 5.75 Å². The van der Waals surface area contributed by atoms with Crippen LogP contribution in [0.2, 0.25) is 0 Å². The second-order valence-electron chi connectivity index (χ2n) is 10.2. The zero-order valence-electron chi connectivity index (χ0n) is 22.6. The number of carbonyl (C=O) groups excluding carboxylic acids is 3. The van der Waals surface area contributed by atoms with Crippen LogP contribution < -0.4 is 15.4 Å². The number of ketones is 1. The lowest BCUT2D eigenvalue weighted by atomic mass is 10.0. The Bertz CT molecular complexity index is 1210. The van der Waals surface area contributed by atoms with Crippen molar-refractivity contribution in [3.05, 3.63) is 102 Å². The van der Waals surface area contributed by atoms with Crippen LogP contribution in [0.4, 0.5) is 4.79 Å². The molecule has 8 heteroatoms. The van der Waals surface area contributed by atoms with E-state index in [1.54, 1.807) is 0 Å². The molecular weight excluding hydrogens is 512 g/mol. The Balaban J connectivity index is 1.70. The van der Waals surface area contributed by atoms with Gasteiger partial charge in [0.2, 0.25) is 5.91 Å². The molecule has 0 unspecified atom stereocenters. The highest BCUT2D eigenvalue weighted by Gasteiger charge is 2.27. The van der Waals surface area contributed by atoms with Crippen molar-refractivity contribution in [1.29, 1.82) is 0 Å². The van der Waals surface area contributed by atoms with Gasteiger partial charge in [-0.25, -0.2) is 4.79 Å².